The van der Waals surface area contributed by atoms with Crippen molar-refractivity contribution in [3.63, 3.8) is 0 Å². The van der Waals surface area contributed by atoms with E-state index in [9.17, 15) is 9.18 Å². The first-order valence-corrected chi connectivity index (χ1v) is 6.69. The lowest BCUT2D eigenvalue weighted by molar-refractivity contribution is 0.0600. The molecule has 0 N–H and O–H groups in total. The molecule has 0 radical (unpaired) electrons. The lowest BCUT2D eigenvalue weighted by Crippen LogP contribution is -2.51. The van der Waals surface area contributed by atoms with Crippen LogP contribution in [0.1, 0.15) is 23.7 Å². The highest BCUT2D eigenvalue weighted by atomic mass is 19.1. The third kappa shape index (κ3) is 2.94. The van der Waals surface area contributed by atoms with Crippen LogP contribution in [0.25, 0.3) is 0 Å². The highest BCUT2D eigenvalue weighted by Gasteiger charge is 2.26. The summed E-state index contributed by atoms with van der Waals surface area (Å²) in [5.41, 5.74) is 0.0563. The molecule has 1 aliphatic heterocycles. The number of amides is 1. The van der Waals surface area contributed by atoms with Gasteiger partial charge in [0.2, 0.25) is 0 Å². The summed E-state index contributed by atoms with van der Waals surface area (Å²) in [7, 11) is 0. The average molecular weight is 276 g/mol. The molecule has 0 bridgehead atoms. The Bertz CT molecular complexity index is 520. The van der Waals surface area contributed by atoms with Crippen molar-refractivity contribution in [2.24, 2.45) is 0 Å². The summed E-state index contributed by atoms with van der Waals surface area (Å²) >= 11 is 0. The number of pyridine rings is 1. The Hall–Kier alpha value is -2.00. The summed E-state index contributed by atoms with van der Waals surface area (Å²) in [6.07, 6.45) is 3.23. The molecule has 1 atom stereocenters. The van der Waals surface area contributed by atoms with Crippen LogP contribution in [0, 0.1) is 17.1 Å². The third-order valence-corrected chi connectivity index (χ3v) is 3.58. The molecule has 1 saturated heterocycles. The smallest absolute Gasteiger partial charge is 0.257 e. The first-order chi connectivity index (χ1) is 9.67. The zero-order valence-corrected chi connectivity index (χ0v) is 11.4. The highest BCUT2D eigenvalue weighted by molar-refractivity contribution is 5.94. The van der Waals surface area contributed by atoms with E-state index in [-0.39, 0.29) is 17.5 Å². The molecule has 1 amide bonds. The second-order valence-electron chi connectivity index (χ2n) is 4.74. The van der Waals surface area contributed by atoms with Crippen LogP contribution in [0.3, 0.4) is 0 Å². The Kier molecular flexibility index (Phi) is 4.64. The first-order valence-electron chi connectivity index (χ1n) is 6.69. The average Bonchev–Trinajstić information content (AvgIpc) is 2.49. The summed E-state index contributed by atoms with van der Waals surface area (Å²) in [5.74, 6) is -0.905. The van der Waals surface area contributed by atoms with Crippen molar-refractivity contribution >= 4 is 5.91 Å². The van der Waals surface area contributed by atoms with E-state index in [1.54, 1.807) is 4.90 Å². The molecule has 2 rings (SSSR count). The Morgan fingerprint density at radius 1 is 1.50 bits per heavy atom. The van der Waals surface area contributed by atoms with Gasteiger partial charge in [-0.15, -0.1) is 0 Å². The zero-order chi connectivity index (χ0) is 14.5. The van der Waals surface area contributed by atoms with E-state index in [0.717, 1.165) is 12.6 Å². The summed E-state index contributed by atoms with van der Waals surface area (Å²) < 4.78 is 13.5. The summed E-state index contributed by atoms with van der Waals surface area (Å²) in [4.78, 5) is 19.5. The van der Waals surface area contributed by atoms with Gasteiger partial charge in [0, 0.05) is 32.4 Å². The number of rotatable bonds is 3. The third-order valence-electron chi connectivity index (χ3n) is 3.58. The number of halogens is 1. The largest absolute Gasteiger partial charge is 0.336 e. The van der Waals surface area contributed by atoms with E-state index in [0.29, 0.717) is 26.2 Å². The molecule has 6 heteroatoms. The number of piperazine rings is 1. The number of aromatic nitrogens is 1. The molecule has 0 aliphatic carbocycles. The van der Waals surface area contributed by atoms with Crippen LogP contribution in [0.4, 0.5) is 4.39 Å². The first kappa shape index (κ1) is 14.4. The van der Waals surface area contributed by atoms with Gasteiger partial charge in [0.15, 0.2) is 5.82 Å². The predicted octanol–water partition coefficient (Wildman–Crippen LogP) is 1.28. The number of carbonyl (C=O) groups excluding carboxylic acids is 1. The van der Waals surface area contributed by atoms with Crippen molar-refractivity contribution in [2.45, 2.75) is 19.4 Å². The van der Waals surface area contributed by atoms with E-state index >= 15 is 0 Å². The van der Waals surface area contributed by atoms with Crippen LogP contribution in [0.15, 0.2) is 18.5 Å². The van der Waals surface area contributed by atoms with Crippen LogP contribution in [0.5, 0.6) is 0 Å². The van der Waals surface area contributed by atoms with Gasteiger partial charge in [-0.3, -0.25) is 14.7 Å². The minimum atomic E-state index is -0.594. The fourth-order valence-electron chi connectivity index (χ4n) is 2.39. The summed E-state index contributed by atoms with van der Waals surface area (Å²) in [5, 5.41) is 9.04. The van der Waals surface area contributed by atoms with Gasteiger partial charge in [-0.1, -0.05) is 6.92 Å². The van der Waals surface area contributed by atoms with E-state index in [1.807, 2.05) is 6.92 Å². The number of nitrogens with zero attached hydrogens (tertiary/aromatic N) is 4. The van der Waals surface area contributed by atoms with E-state index in [2.05, 4.69) is 16.0 Å². The fourth-order valence-corrected chi connectivity index (χ4v) is 2.39. The fraction of sp³-hybridized carbons (Fsp3) is 0.500. The normalized spacial score (nSPS) is 17.6. The van der Waals surface area contributed by atoms with Gasteiger partial charge >= 0.3 is 0 Å². The van der Waals surface area contributed by atoms with Crippen LogP contribution in [-0.2, 0) is 0 Å². The molecule has 0 spiro atoms. The van der Waals surface area contributed by atoms with Crippen molar-refractivity contribution in [2.75, 3.05) is 26.2 Å². The van der Waals surface area contributed by atoms with Gasteiger partial charge < -0.3 is 4.90 Å². The molecule has 5 nitrogen and oxygen atoms in total. The maximum atomic E-state index is 13.5. The quantitative estimate of drug-likeness (QED) is 0.834. The number of nitriles is 1. The zero-order valence-electron chi connectivity index (χ0n) is 11.4. The Balaban J connectivity index is 1.99. The van der Waals surface area contributed by atoms with Crippen LogP contribution in [0.2, 0.25) is 0 Å². The Morgan fingerprint density at radius 3 is 2.75 bits per heavy atom. The van der Waals surface area contributed by atoms with Gasteiger partial charge in [-0.25, -0.2) is 4.39 Å². The molecular weight excluding hydrogens is 259 g/mol. The van der Waals surface area contributed by atoms with Crippen molar-refractivity contribution in [3.05, 3.63) is 29.8 Å². The lowest BCUT2D eigenvalue weighted by atomic mass is 10.1. The monoisotopic (exact) mass is 276 g/mol. The van der Waals surface area contributed by atoms with Crippen molar-refractivity contribution in [1.82, 2.24) is 14.8 Å². The molecule has 106 valence electrons. The van der Waals surface area contributed by atoms with Crippen molar-refractivity contribution in [1.29, 1.82) is 5.26 Å². The van der Waals surface area contributed by atoms with Crippen molar-refractivity contribution < 1.29 is 9.18 Å². The molecule has 0 saturated carbocycles. The molecule has 2 heterocycles. The topological polar surface area (TPSA) is 60.2 Å². The number of hydrogen-bond donors (Lipinski definition) is 0. The van der Waals surface area contributed by atoms with Crippen molar-refractivity contribution in [3.8, 4) is 6.07 Å². The number of hydrogen-bond acceptors (Lipinski definition) is 4. The molecule has 0 aromatic carbocycles. The molecule has 1 aliphatic rings. The van der Waals surface area contributed by atoms with Gasteiger partial charge in [0.05, 0.1) is 23.9 Å². The summed E-state index contributed by atoms with van der Waals surface area (Å²) in [6, 6.07) is 3.55. The van der Waals surface area contributed by atoms with E-state index in [4.69, 9.17) is 5.26 Å². The minimum absolute atomic E-state index is 0.0563. The molecule has 1 unspecified atom stereocenters. The van der Waals surface area contributed by atoms with Gasteiger partial charge in [-0.05, 0) is 12.5 Å². The minimum Gasteiger partial charge on any atom is -0.336 e. The molecule has 1 fully saturated rings. The van der Waals surface area contributed by atoms with Gasteiger partial charge in [0.1, 0.15) is 0 Å². The Labute approximate surface area is 117 Å². The molecule has 20 heavy (non-hydrogen) atoms. The lowest BCUT2D eigenvalue weighted by Gasteiger charge is -2.36. The maximum absolute atomic E-state index is 13.5. The van der Waals surface area contributed by atoms with Crippen LogP contribution in [-0.4, -0.2) is 52.9 Å². The standard InChI is InChI=1S/C14H17FN4O/c1-2-11(9-16)18-5-7-19(8-6-18)14(20)12-3-4-17-10-13(12)15/h3-4,10-11H,2,5-8H2,1H3. The van der Waals surface area contributed by atoms with Gasteiger partial charge in [-0.2, -0.15) is 5.26 Å². The summed E-state index contributed by atoms with van der Waals surface area (Å²) in [6.45, 7) is 4.28. The van der Waals surface area contributed by atoms with Crippen LogP contribution < -0.4 is 0 Å². The maximum Gasteiger partial charge on any atom is 0.257 e. The Morgan fingerprint density at radius 2 is 2.20 bits per heavy atom. The predicted molar refractivity (Wildman–Crippen MR) is 71.4 cm³/mol. The molecular formula is C14H17FN4O. The molecule has 1 aromatic heterocycles. The second-order valence-corrected chi connectivity index (χ2v) is 4.74. The van der Waals surface area contributed by atoms with Gasteiger partial charge in [0.25, 0.3) is 5.91 Å². The van der Waals surface area contributed by atoms with Crippen LogP contribution >= 0.6 is 0 Å². The molecule has 1 aromatic rings. The highest BCUT2D eigenvalue weighted by Crippen LogP contribution is 2.13. The SMILES string of the molecule is CCC(C#N)N1CCN(C(=O)c2ccncc2F)CC1. The van der Waals surface area contributed by atoms with E-state index in [1.165, 1.54) is 12.3 Å². The van der Waals surface area contributed by atoms with E-state index < -0.39 is 5.82 Å². The second kappa shape index (κ2) is 6.44. The number of carbonyl (C=O) groups is 1.